The minimum absolute atomic E-state index is 0.105. The molecule has 2 aromatic heterocycles. The number of carbonyl (C=O) groups excluding carboxylic acids is 2. The Labute approximate surface area is 346 Å². The molecule has 2 unspecified atom stereocenters. The van der Waals surface area contributed by atoms with Gasteiger partial charge in [-0.2, -0.15) is 0 Å². The fourth-order valence-corrected chi connectivity index (χ4v) is 7.32. The highest BCUT2D eigenvalue weighted by Gasteiger charge is 2.39. The first kappa shape index (κ1) is 44.7. The quantitative estimate of drug-likeness (QED) is 0.139. The maximum absolute atomic E-state index is 13.3. The predicted octanol–water partition coefficient (Wildman–Crippen LogP) is 11.1. The zero-order valence-electron chi connectivity index (χ0n) is 36.0. The molecule has 0 amide bonds. The van der Waals surface area contributed by atoms with E-state index >= 15 is 0 Å². The molecule has 0 saturated heterocycles. The third kappa shape index (κ3) is 12.7. The number of carbonyl (C=O) groups is 2. The summed E-state index contributed by atoms with van der Waals surface area (Å²) in [6.07, 6.45) is 33.7. The topological polar surface area (TPSA) is 136 Å². The lowest BCUT2D eigenvalue weighted by atomic mass is 9.70. The number of aromatic nitrogens is 2. The van der Waals surface area contributed by atoms with Crippen LogP contribution >= 0.6 is 0 Å². The van der Waals surface area contributed by atoms with Crippen molar-refractivity contribution in [2.24, 2.45) is 10.8 Å². The van der Waals surface area contributed by atoms with Crippen molar-refractivity contribution in [3.63, 3.8) is 0 Å². The fraction of sp³-hybridized carbons (Fsp3) is 0.320. The molecule has 6 N–H and O–H groups in total. The summed E-state index contributed by atoms with van der Waals surface area (Å²) in [4.78, 5) is 34.8. The van der Waals surface area contributed by atoms with Gasteiger partial charge < -0.3 is 22.1 Å². The number of nitrogens with one attached hydrogen (secondary N) is 2. The van der Waals surface area contributed by atoms with Gasteiger partial charge in [-0.25, -0.2) is 9.97 Å². The fourth-order valence-electron chi connectivity index (χ4n) is 7.32. The van der Waals surface area contributed by atoms with E-state index in [1.165, 1.54) is 0 Å². The van der Waals surface area contributed by atoms with Gasteiger partial charge in [-0.3, -0.25) is 9.59 Å². The van der Waals surface area contributed by atoms with Gasteiger partial charge in [0.15, 0.2) is 11.6 Å². The first-order valence-electron chi connectivity index (χ1n) is 19.9. The Balaban J connectivity index is 1.28. The smallest absolute Gasteiger partial charge is 0.181 e. The Hall–Kier alpha value is -6.02. The molecule has 0 bridgehead atoms. The monoisotopic (exact) mass is 778 g/mol. The Morgan fingerprint density at radius 1 is 0.586 bits per heavy atom. The molecular weight excluding hydrogens is 717 g/mol. The summed E-state index contributed by atoms with van der Waals surface area (Å²) in [5, 5.41) is 6.69. The second kappa shape index (κ2) is 19.9. The minimum Gasteiger partial charge on any atom is -0.384 e. The summed E-state index contributed by atoms with van der Waals surface area (Å²) in [5.41, 5.74) is 20.8. The molecule has 2 aliphatic rings. The highest BCUT2D eigenvalue weighted by atomic mass is 16.1. The summed E-state index contributed by atoms with van der Waals surface area (Å²) in [5.74, 6) is 1.11. The molecule has 0 fully saturated rings. The third-order valence-corrected chi connectivity index (χ3v) is 10.6. The normalized spacial score (nSPS) is 21.2. The van der Waals surface area contributed by atoms with E-state index in [1.54, 1.807) is 24.5 Å². The average molecular weight is 779 g/mol. The molecule has 8 heteroatoms. The summed E-state index contributed by atoms with van der Waals surface area (Å²) in [7, 11) is 0. The van der Waals surface area contributed by atoms with Crippen molar-refractivity contribution in [2.45, 2.75) is 94.2 Å². The number of pyridine rings is 2. The molecule has 0 spiro atoms. The maximum atomic E-state index is 13.3. The number of nitrogens with zero attached hydrogens (tertiary/aromatic N) is 2. The van der Waals surface area contributed by atoms with Crippen LogP contribution in [-0.4, -0.2) is 33.6 Å². The number of hydrogen-bond donors (Lipinski definition) is 4. The van der Waals surface area contributed by atoms with Crippen LogP contribution in [0.1, 0.15) is 82.1 Å². The van der Waals surface area contributed by atoms with Crippen molar-refractivity contribution in [1.82, 2.24) is 9.97 Å². The summed E-state index contributed by atoms with van der Waals surface area (Å²) < 4.78 is 0. The predicted molar refractivity (Wildman–Crippen MR) is 245 cm³/mol. The summed E-state index contributed by atoms with van der Waals surface area (Å²) >= 11 is 0. The summed E-state index contributed by atoms with van der Waals surface area (Å²) in [6, 6.07) is 6.55. The minimum atomic E-state index is -0.312. The van der Waals surface area contributed by atoms with E-state index in [2.05, 4.69) is 137 Å². The number of rotatable bonds is 14. The van der Waals surface area contributed by atoms with Crippen LogP contribution in [0.3, 0.4) is 0 Å². The molecule has 0 saturated carbocycles. The van der Waals surface area contributed by atoms with Crippen LogP contribution in [0.2, 0.25) is 0 Å². The van der Waals surface area contributed by atoms with Crippen LogP contribution in [0, 0.1) is 10.8 Å². The second-order valence-corrected chi connectivity index (χ2v) is 16.7. The van der Waals surface area contributed by atoms with E-state index in [-0.39, 0.29) is 34.5 Å². The van der Waals surface area contributed by atoms with E-state index < -0.39 is 0 Å². The molecule has 2 aliphatic carbocycles. The SMILES string of the molecule is CC(C=CC=C(C)C=CC1=C(C)C(=O)C(Nc2ccc(N)nc2)CC1(C)C)=CC=CC=C(C)C=CC=C(C)C=CC1=C(C)C(=O)C(Nc2ccc(N)nc2)CC1(C)C. The van der Waals surface area contributed by atoms with Gasteiger partial charge in [0.1, 0.15) is 11.6 Å². The number of Topliss-reactive ketones (excluding diaryl/α,β-unsaturated/α-hetero) is 2. The highest BCUT2D eigenvalue weighted by Crippen LogP contribution is 2.42. The number of allylic oxidation sites excluding steroid dienone is 20. The molecule has 58 heavy (non-hydrogen) atoms. The molecular formula is C50H62N6O2. The lowest BCUT2D eigenvalue weighted by molar-refractivity contribution is -0.118. The van der Waals surface area contributed by atoms with E-state index in [1.807, 2.05) is 50.3 Å². The van der Waals surface area contributed by atoms with Gasteiger partial charge in [-0.15, -0.1) is 0 Å². The van der Waals surface area contributed by atoms with Crippen molar-refractivity contribution in [2.75, 3.05) is 22.1 Å². The van der Waals surface area contributed by atoms with Crippen LogP contribution < -0.4 is 22.1 Å². The number of nitrogens with two attached hydrogens (primary N) is 2. The second-order valence-electron chi connectivity index (χ2n) is 16.7. The Morgan fingerprint density at radius 2 is 0.931 bits per heavy atom. The number of anilines is 4. The standard InChI is InChI=1S/C50H62N6O2/c1-33(17-13-19-35(3)21-25-41-37(5)47(57)43(29-49(41,7)8)55-39-23-27-45(51)53-31-39)15-11-12-16-34(2)18-14-20-36(4)22-26-42-38(6)48(58)44(30-50(42,9)10)56-40-24-28-46(52)54-32-40/h11-28,31-32,43-44,55-56H,29-30H2,1-10H3,(H2,51,53)(H2,52,54). The van der Waals surface area contributed by atoms with Gasteiger partial charge in [-0.1, -0.05) is 135 Å². The van der Waals surface area contributed by atoms with Gasteiger partial charge in [0.05, 0.1) is 35.9 Å². The molecule has 0 aromatic carbocycles. The Kier molecular flexibility index (Phi) is 15.3. The van der Waals surface area contributed by atoms with Gasteiger partial charge in [0.2, 0.25) is 0 Å². The van der Waals surface area contributed by atoms with Crippen LogP contribution in [0.15, 0.2) is 166 Å². The Morgan fingerprint density at radius 3 is 1.28 bits per heavy atom. The van der Waals surface area contributed by atoms with Gasteiger partial charge in [0, 0.05) is 0 Å². The number of nitrogen functional groups attached to an aromatic ring is 2. The largest absolute Gasteiger partial charge is 0.384 e. The molecule has 2 atom stereocenters. The molecule has 4 rings (SSSR count). The Bertz CT molecular complexity index is 2020. The third-order valence-electron chi connectivity index (χ3n) is 10.6. The zero-order valence-corrected chi connectivity index (χ0v) is 36.0. The zero-order chi connectivity index (χ0) is 42.6. The molecule has 0 aliphatic heterocycles. The highest BCUT2D eigenvalue weighted by molar-refractivity contribution is 6.03. The lowest BCUT2D eigenvalue weighted by Crippen LogP contribution is -2.40. The van der Waals surface area contributed by atoms with Crippen LogP contribution in [0.4, 0.5) is 23.0 Å². The first-order valence-corrected chi connectivity index (χ1v) is 19.9. The number of hydrogen-bond acceptors (Lipinski definition) is 8. The van der Waals surface area contributed by atoms with Crippen molar-refractivity contribution in [1.29, 1.82) is 0 Å². The lowest BCUT2D eigenvalue weighted by Gasteiger charge is -2.37. The number of ketones is 2. The summed E-state index contributed by atoms with van der Waals surface area (Å²) in [6.45, 7) is 20.8. The maximum Gasteiger partial charge on any atom is 0.181 e. The molecule has 8 nitrogen and oxygen atoms in total. The van der Waals surface area contributed by atoms with Crippen LogP contribution in [-0.2, 0) is 9.59 Å². The molecule has 2 heterocycles. The molecule has 304 valence electrons. The van der Waals surface area contributed by atoms with Gasteiger partial charge >= 0.3 is 0 Å². The van der Waals surface area contributed by atoms with Crippen LogP contribution in [0.25, 0.3) is 0 Å². The average Bonchev–Trinajstić information content (AvgIpc) is 3.15. The molecule has 2 aromatic rings. The van der Waals surface area contributed by atoms with E-state index in [4.69, 9.17) is 11.5 Å². The van der Waals surface area contributed by atoms with Crippen molar-refractivity contribution in [3.05, 3.63) is 166 Å². The van der Waals surface area contributed by atoms with Crippen LogP contribution in [0.5, 0.6) is 0 Å². The molecule has 0 radical (unpaired) electrons. The van der Waals surface area contributed by atoms with E-state index in [0.717, 1.165) is 56.0 Å². The van der Waals surface area contributed by atoms with Crippen molar-refractivity contribution in [3.8, 4) is 0 Å². The first-order chi connectivity index (χ1) is 27.4. The van der Waals surface area contributed by atoms with E-state index in [9.17, 15) is 9.59 Å². The van der Waals surface area contributed by atoms with Crippen molar-refractivity contribution < 1.29 is 9.59 Å². The van der Waals surface area contributed by atoms with Gasteiger partial charge in [-0.05, 0) is 112 Å². The van der Waals surface area contributed by atoms with Crippen molar-refractivity contribution >= 4 is 34.6 Å². The van der Waals surface area contributed by atoms with E-state index in [0.29, 0.717) is 24.5 Å². The van der Waals surface area contributed by atoms with Gasteiger partial charge in [0.25, 0.3) is 0 Å².